The number of esters is 1. The number of benzene rings is 4. The molecule has 0 saturated carbocycles. The van der Waals surface area contributed by atoms with Crippen molar-refractivity contribution in [1.29, 1.82) is 0 Å². The summed E-state index contributed by atoms with van der Waals surface area (Å²) in [4.78, 5) is 26.2. The number of rotatable bonds is 5. The topological polar surface area (TPSA) is 55.4 Å². The number of carbonyl (C=O) groups is 2. The number of hydrogen-bond donors (Lipinski definition) is 1. The third-order valence-electron chi connectivity index (χ3n) is 6.05. The smallest absolute Gasteiger partial charge is 0.328 e. The van der Waals surface area contributed by atoms with Gasteiger partial charge in [0.2, 0.25) is 0 Å². The number of carbonyl (C=O) groups excluding carboxylic acids is 2. The van der Waals surface area contributed by atoms with Gasteiger partial charge in [0.25, 0.3) is 5.91 Å². The Labute approximate surface area is 194 Å². The fourth-order valence-electron chi connectivity index (χ4n) is 4.20. The van der Waals surface area contributed by atoms with Gasteiger partial charge in [-0.3, -0.25) is 4.79 Å². The Kier molecular flexibility index (Phi) is 6.19. The molecule has 1 amide bonds. The number of nitrogens with one attached hydrogen (secondary N) is 1. The van der Waals surface area contributed by atoms with Crippen LogP contribution in [0.25, 0.3) is 21.5 Å². The number of methoxy groups -OCH3 is 1. The van der Waals surface area contributed by atoms with E-state index in [1.54, 1.807) is 0 Å². The highest BCUT2D eigenvalue weighted by atomic mass is 16.5. The first-order valence-corrected chi connectivity index (χ1v) is 11.2. The highest BCUT2D eigenvalue weighted by molar-refractivity contribution is 6.18. The van der Waals surface area contributed by atoms with Crippen molar-refractivity contribution in [2.24, 2.45) is 0 Å². The van der Waals surface area contributed by atoms with Crippen LogP contribution in [0.5, 0.6) is 0 Å². The molecular weight excluding hydrogens is 410 g/mol. The lowest BCUT2D eigenvalue weighted by atomic mass is 9.86. The molecule has 0 bridgehead atoms. The molecule has 168 valence electrons. The van der Waals surface area contributed by atoms with E-state index in [2.05, 4.69) is 44.3 Å². The van der Waals surface area contributed by atoms with Crippen LogP contribution in [-0.2, 0) is 21.4 Å². The molecule has 1 N–H and O–H groups in total. The van der Waals surface area contributed by atoms with Crippen LogP contribution in [0.15, 0.2) is 78.9 Å². The normalized spacial score (nSPS) is 12.5. The summed E-state index contributed by atoms with van der Waals surface area (Å²) >= 11 is 0. The van der Waals surface area contributed by atoms with Crippen molar-refractivity contribution in [2.75, 3.05) is 7.11 Å². The molecule has 0 spiro atoms. The zero-order valence-electron chi connectivity index (χ0n) is 19.5. The average Bonchev–Trinajstić information content (AvgIpc) is 2.81. The summed E-state index contributed by atoms with van der Waals surface area (Å²) < 4.78 is 5.02. The van der Waals surface area contributed by atoms with Gasteiger partial charge in [0, 0.05) is 6.42 Å². The van der Waals surface area contributed by atoms with E-state index in [0.717, 1.165) is 27.1 Å². The van der Waals surface area contributed by atoms with Crippen LogP contribution in [0.1, 0.15) is 42.3 Å². The molecule has 0 aliphatic heterocycles. The third kappa shape index (κ3) is 4.75. The molecule has 0 saturated heterocycles. The summed E-state index contributed by atoms with van der Waals surface area (Å²) in [5.74, 6) is -0.752. The van der Waals surface area contributed by atoms with E-state index in [9.17, 15) is 9.59 Å². The largest absolute Gasteiger partial charge is 0.467 e. The molecule has 0 fully saturated rings. The van der Waals surface area contributed by atoms with Gasteiger partial charge < -0.3 is 10.1 Å². The summed E-state index contributed by atoms with van der Waals surface area (Å²) in [7, 11) is 1.34. The summed E-state index contributed by atoms with van der Waals surface area (Å²) in [5, 5.41) is 6.62. The quantitative estimate of drug-likeness (QED) is 0.316. The van der Waals surface area contributed by atoms with Crippen molar-refractivity contribution < 1.29 is 14.3 Å². The van der Waals surface area contributed by atoms with Crippen LogP contribution in [0.2, 0.25) is 0 Å². The zero-order chi connectivity index (χ0) is 23.6. The molecule has 0 aliphatic carbocycles. The summed E-state index contributed by atoms with van der Waals surface area (Å²) in [6.45, 7) is 6.48. The van der Waals surface area contributed by atoms with Gasteiger partial charge in [0.05, 0.1) is 12.7 Å². The number of fused-ring (bicyclic) bond motifs is 2. The van der Waals surface area contributed by atoms with Gasteiger partial charge in [0.1, 0.15) is 6.04 Å². The van der Waals surface area contributed by atoms with E-state index >= 15 is 0 Å². The van der Waals surface area contributed by atoms with Gasteiger partial charge in [-0.15, -0.1) is 0 Å². The molecule has 1 atom stereocenters. The molecular formula is C29H29NO3. The SMILES string of the molecule is COC(=O)[C@H](Cc1ccc(C(C)(C)C)cc1)NC(=O)c1c2ccccc2cc2ccccc12. The molecule has 0 unspecified atom stereocenters. The number of ether oxygens (including phenoxy) is 1. The van der Waals surface area contributed by atoms with E-state index in [-0.39, 0.29) is 11.3 Å². The number of amides is 1. The van der Waals surface area contributed by atoms with Gasteiger partial charge in [-0.05, 0) is 44.2 Å². The first kappa shape index (κ1) is 22.5. The van der Waals surface area contributed by atoms with Crippen LogP contribution in [-0.4, -0.2) is 25.0 Å². The fourth-order valence-corrected chi connectivity index (χ4v) is 4.20. The lowest BCUT2D eigenvalue weighted by molar-refractivity contribution is -0.142. The maximum Gasteiger partial charge on any atom is 0.328 e. The van der Waals surface area contributed by atoms with Crippen molar-refractivity contribution in [3.05, 3.63) is 95.6 Å². The minimum Gasteiger partial charge on any atom is -0.467 e. The molecule has 4 nitrogen and oxygen atoms in total. The van der Waals surface area contributed by atoms with E-state index in [4.69, 9.17) is 4.74 Å². The van der Waals surface area contributed by atoms with E-state index in [1.807, 2.05) is 60.7 Å². The van der Waals surface area contributed by atoms with E-state index < -0.39 is 12.0 Å². The molecule has 0 heterocycles. The van der Waals surface area contributed by atoms with E-state index in [0.29, 0.717) is 12.0 Å². The standard InChI is InChI=1S/C29H29NO3/c1-29(2,3)22-15-13-19(14-16-22)17-25(28(32)33-4)30-27(31)26-23-11-7-5-9-20(23)18-21-10-6-8-12-24(21)26/h5-16,18,25H,17H2,1-4H3,(H,30,31)/t25-/m0/s1. The molecule has 0 aliphatic rings. The second kappa shape index (κ2) is 9.07. The lowest BCUT2D eigenvalue weighted by Gasteiger charge is -2.21. The molecule has 4 aromatic carbocycles. The third-order valence-corrected chi connectivity index (χ3v) is 6.05. The zero-order valence-corrected chi connectivity index (χ0v) is 19.5. The first-order valence-electron chi connectivity index (χ1n) is 11.2. The number of hydrogen-bond acceptors (Lipinski definition) is 3. The fraction of sp³-hybridized carbons (Fsp3) is 0.241. The van der Waals surface area contributed by atoms with Crippen LogP contribution in [0.4, 0.5) is 0 Å². The first-order chi connectivity index (χ1) is 15.8. The van der Waals surface area contributed by atoms with Crippen molar-refractivity contribution in [3.63, 3.8) is 0 Å². The van der Waals surface area contributed by atoms with Crippen molar-refractivity contribution >= 4 is 33.4 Å². The summed E-state index contributed by atoms with van der Waals surface area (Å²) in [6, 6.07) is 25.1. The van der Waals surface area contributed by atoms with Gasteiger partial charge >= 0.3 is 5.97 Å². The Bertz CT molecular complexity index is 1260. The van der Waals surface area contributed by atoms with Gasteiger partial charge in [-0.2, -0.15) is 0 Å². The Balaban J connectivity index is 1.68. The van der Waals surface area contributed by atoms with Crippen LogP contribution in [0.3, 0.4) is 0 Å². The summed E-state index contributed by atoms with van der Waals surface area (Å²) in [6.07, 6.45) is 0.353. The Morgan fingerprint density at radius 1 is 0.848 bits per heavy atom. The van der Waals surface area contributed by atoms with Crippen molar-refractivity contribution in [1.82, 2.24) is 5.32 Å². The molecule has 33 heavy (non-hydrogen) atoms. The minimum absolute atomic E-state index is 0.0456. The molecule has 0 aromatic heterocycles. The van der Waals surface area contributed by atoms with Crippen LogP contribution < -0.4 is 5.32 Å². The lowest BCUT2D eigenvalue weighted by Crippen LogP contribution is -2.43. The molecule has 4 heteroatoms. The van der Waals surface area contributed by atoms with Crippen molar-refractivity contribution in [2.45, 2.75) is 38.6 Å². The second-order valence-electron chi connectivity index (χ2n) is 9.39. The predicted octanol–water partition coefficient (Wildman–Crippen LogP) is 5.80. The monoisotopic (exact) mass is 439 g/mol. The average molecular weight is 440 g/mol. The van der Waals surface area contributed by atoms with Crippen molar-refractivity contribution in [3.8, 4) is 0 Å². The Morgan fingerprint density at radius 3 is 1.91 bits per heavy atom. The van der Waals surface area contributed by atoms with E-state index in [1.165, 1.54) is 12.7 Å². The van der Waals surface area contributed by atoms with Gasteiger partial charge in [-0.25, -0.2) is 4.79 Å². The second-order valence-corrected chi connectivity index (χ2v) is 9.39. The maximum atomic E-state index is 13.6. The Hall–Kier alpha value is -3.66. The van der Waals surface area contributed by atoms with Gasteiger partial charge in [-0.1, -0.05) is 93.6 Å². The molecule has 4 aromatic rings. The highest BCUT2D eigenvalue weighted by Gasteiger charge is 2.25. The maximum absolute atomic E-state index is 13.6. The molecule has 0 radical (unpaired) electrons. The van der Waals surface area contributed by atoms with Gasteiger partial charge in [0.15, 0.2) is 0 Å². The predicted molar refractivity (Wildman–Crippen MR) is 134 cm³/mol. The van der Waals surface area contributed by atoms with Crippen LogP contribution >= 0.6 is 0 Å². The Morgan fingerprint density at radius 2 is 1.39 bits per heavy atom. The summed E-state index contributed by atoms with van der Waals surface area (Å²) in [5.41, 5.74) is 2.79. The highest BCUT2D eigenvalue weighted by Crippen LogP contribution is 2.29. The minimum atomic E-state index is -0.791. The van der Waals surface area contributed by atoms with Crippen LogP contribution in [0, 0.1) is 0 Å². The molecule has 4 rings (SSSR count).